The minimum Gasteiger partial charge on any atom is -0.464 e. The van der Waals surface area contributed by atoms with Crippen molar-refractivity contribution in [3.8, 4) is 22.5 Å². The number of aromatic nitrogens is 3. The summed E-state index contributed by atoms with van der Waals surface area (Å²) in [4.78, 5) is 60.1. The number of anilines is 1. The van der Waals surface area contributed by atoms with Crippen LogP contribution in [0.3, 0.4) is 0 Å². The Morgan fingerprint density at radius 3 is 2.58 bits per heavy atom. The van der Waals surface area contributed by atoms with Crippen LogP contribution in [-0.4, -0.2) is 136 Å². The lowest BCUT2D eigenvalue weighted by Gasteiger charge is -2.49. The van der Waals surface area contributed by atoms with E-state index in [0.717, 1.165) is 89.4 Å². The fourth-order valence-corrected chi connectivity index (χ4v) is 13.3. The molecule has 1 N–H and O–H groups in total. The summed E-state index contributed by atoms with van der Waals surface area (Å²) in [7, 11) is 2.91. The van der Waals surface area contributed by atoms with E-state index in [0.29, 0.717) is 56.3 Å². The average molecular weight is 942 g/mol. The van der Waals surface area contributed by atoms with Gasteiger partial charge in [-0.2, -0.15) is 4.36 Å². The molecule has 0 aliphatic carbocycles. The molecular weight excluding hydrogens is 875 g/mol. The molecule has 2 unspecified atom stereocenters. The van der Waals surface area contributed by atoms with E-state index in [9.17, 15) is 9.59 Å². The molecule has 1 aromatic carbocycles. The summed E-state index contributed by atoms with van der Waals surface area (Å²) in [6.45, 7) is 20.7. The van der Waals surface area contributed by atoms with Crippen molar-refractivity contribution in [1.29, 1.82) is 0 Å². The number of rotatable bonds is 8. The molecule has 3 aromatic heterocycles. The van der Waals surface area contributed by atoms with Gasteiger partial charge in [0.05, 0.1) is 41.7 Å². The maximum Gasteiger partial charge on any atom is 0.350 e. The molecule has 17 heteroatoms. The fourth-order valence-electron chi connectivity index (χ4n) is 10.3. The molecule has 3 amide bonds. The summed E-state index contributed by atoms with van der Waals surface area (Å²) in [5.74, 6) is -0.273. The number of likely N-dealkylation sites (N-methyl/N-ethyl adjacent to an activating group) is 1. The van der Waals surface area contributed by atoms with Crippen molar-refractivity contribution in [2.24, 2.45) is 9.78 Å². The predicted molar refractivity (Wildman–Crippen MR) is 261 cm³/mol. The second-order valence-corrected chi connectivity index (χ2v) is 22.6. The van der Waals surface area contributed by atoms with Gasteiger partial charge in [0.15, 0.2) is 0 Å². The summed E-state index contributed by atoms with van der Waals surface area (Å²) in [6, 6.07) is 7.86. The van der Waals surface area contributed by atoms with Gasteiger partial charge in [-0.05, 0) is 90.6 Å². The zero-order chi connectivity index (χ0) is 46.7. The number of benzene rings is 1. The second-order valence-electron chi connectivity index (χ2n) is 19.8. The van der Waals surface area contributed by atoms with Crippen LogP contribution in [0.15, 0.2) is 40.2 Å². The van der Waals surface area contributed by atoms with Gasteiger partial charge in [0.1, 0.15) is 21.9 Å². The lowest BCUT2D eigenvalue weighted by atomic mass is 9.84. The van der Waals surface area contributed by atoms with Crippen LogP contribution < -0.4 is 10.3 Å². The molecule has 4 aromatic rings. The molecule has 4 fully saturated rings. The quantitative estimate of drug-likeness (QED) is 0.138. The van der Waals surface area contributed by atoms with Gasteiger partial charge in [-0.25, -0.2) is 15.2 Å². The number of ether oxygens (including phenoxy) is 3. The van der Waals surface area contributed by atoms with Crippen LogP contribution in [0.25, 0.3) is 33.4 Å². The van der Waals surface area contributed by atoms with Crippen molar-refractivity contribution in [2.75, 3.05) is 77.3 Å². The van der Waals surface area contributed by atoms with Gasteiger partial charge in [-0.15, -0.1) is 11.3 Å². The highest BCUT2D eigenvalue weighted by Gasteiger charge is 2.66. The number of hydrogen-bond donors (Lipinski definition) is 1. The lowest BCUT2D eigenvalue weighted by Crippen LogP contribution is -2.60. The molecular formula is C49H67N9O6S2. The number of carbonyl (C=O) groups is 3. The number of likely N-dealkylation sites (tertiary alicyclic amines) is 1. The first-order valence-electron chi connectivity index (χ1n) is 23.8. The van der Waals surface area contributed by atoms with E-state index >= 15 is 4.79 Å². The number of nitrogens with one attached hydrogen (secondary N) is 1. The van der Waals surface area contributed by atoms with Crippen molar-refractivity contribution in [3.05, 3.63) is 52.1 Å². The van der Waals surface area contributed by atoms with Gasteiger partial charge in [-0.3, -0.25) is 19.6 Å². The Morgan fingerprint density at radius 1 is 1.09 bits per heavy atom. The first-order valence-corrected chi connectivity index (χ1v) is 26.1. The number of hydrogen-bond acceptors (Lipinski definition) is 12. The normalized spacial score (nSPS) is 27.5. The van der Waals surface area contributed by atoms with Gasteiger partial charge in [0.25, 0.3) is 5.91 Å². The van der Waals surface area contributed by atoms with E-state index in [4.69, 9.17) is 28.5 Å². The van der Waals surface area contributed by atoms with E-state index in [1.807, 2.05) is 24.9 Å². The van der Waals surface area contributed by atoms with Crippen LogP contribution in [0.2, 0.25) is 0 Å². The largest absolute Gasteiger partial charge is 0.464 e. The number of aryl methyl sites for hydroxylation is 1. The predicted octanol–water partition coefficient (Wildman–Crippen LogP) is 7.55. The number of thiazole rings is 1. The van der Waals surface area contributed by atoms with Crippen molar-refractivity contribution < 1.29 is 28.6 Å². The van der Waals surface area contributed by atoms with Gasteiger partial charge in [0, 0.05) is 104 Å². The Morgan fingerprint density at radius 2 is 1.88 bits per heavy atom. The third-order valence-electron chi connectivity index (χ3n) is 14.8. The van der Waals surface area contributed by atoms with Crippen molar-refractivity contribution in [1.82, 2.24) is 34.8 Å². The molecule has 0 saturated carbocycles. The molecule has 15 nitrogen and oxygen atoms in total. The summed E-state index contributed by atoms with van der Waals surface area (Å²) in [5.41, 5.74) is 10.5. The van der Waals surface area contributed by atoms with Crippen molar-refractivity contribution in [3.63, 3.8) is 0 Å². The SMILES string of the molecule is CCO[C@@H]1c2nc(cs2)-c2ccc3c(c2)c(c(-c2cc(N4CCN(C)CC4)cnc2[C@H](C)OC)n3CC)CC(C)(C)COC(=O)[C@@H]2CCCN(N2)C(=O)C12C/S2=N\C(=O)N1CC[C@@]1(C)CC. The lowest BCUT2D eigenvalue weighted by molar-refractivity contribution is -0.155. The monoisotopic (exact) mass is 941 g/mol. The topological polar surface area (TPSA) is 147 Å². The summed E-state index contributed by atoms with van der Waals surface area (Å²) < 4.78 is 24.8. The number of fused-ring (bicyclic) bond motifs is 6. The van der Waals surface area contributed by atoms with E-state index in [2.05, 4.69) is 91.1 Å². The van der Waals surface area contributed by atoms with E-state index in [1.54, 1.807) is 12.1 Å². The molecule has 5 aliphatic rings. The molecule has 4 saturated heterocycles. The van der Waals surface area contributed by atoms with Gasteiger partial charge < -0.3 is 33.5 Å². The minimum absolute atomic E-state index is 0.167. The van der Waals surface area contributed by atoms with E-state index in [-0.39, 0.29) is 30.2 Å². The second kappa shape index (κ2) is 18.3. The number of amides is 3. The summed E-state index contributed by atoms with van der Waals surface area (Å²) >= 11 is 1.47. The Labute approximate surface area is 395 Å². The number of cyclic esters (lactones) is 1. The Kier molecular flexibility index (Phi) is 13.0. The van der Waals surface area contributed by atoms with Crippen LogP contribution >= 0.6 is 11.3 Å². The molecule has 9 rings (SSSR count). The number of carbonyl (C=O) groups excluding carboxylic acids is 3. The molecule has 0 radical (unpaired) electrons. The highest BCUT2D eigenvalue weighted by molar-refractivity contribution is 7.97. The Bertz CT molecular complexity index is 2550. The number of methoxy groups -OCH3 is 1. The highest BCUT2D eigenvalue weighted by Crippen LogP contribution is 2.51. The Balaban J connectivity index is 1.20. The average Bonchev–Trinajstić information content (AvgIpc) is 3.65. The molecule has 6 atom stereocenters. The summed E-state index contributed by atoms with van der Waals surface area (Å²) in [6.07, 6.45) is 4.44. The van der Waals surface area contributed by atoms with Crippen LogP contribution in [0.1, 0.15) is 103 Å². The number of piperazine rings is 1. The fraction of sp³-hybridized carbons (Fsp3) is 0.612. The number of pyridine rings is 1. The molecule has 356 valence electrons. The van der Waals surface area contributed by atoms with Gasteiger partial charge in [-0.1, -0.05) is 37.5 Å². The first-order chi connectivity index (χ1) is 31.6. The van der Waals surface area contributed by atoms with Crippen LogP contribution in [0.4, 0.5) is 10.5 Å². The minimum atomic E-state index is -1.17. The number of nitrogens with zero attached hydrogens (tertiary/aromatic N) is 8. The smallest absolute Gasteiger partial charge is 0.350 e. The van der Waals surface area contributed by atoms with Crippen LogP contribution in [0.5, 0.6) is 0 Å². The molecule has 8 heterocycles. The molecule has 5 aliphatic heterocycles. The molecule has 1 spiro atoms. The third kappa shape index (κ3) is 8.39. The number of hydrazine groups is 1. The summed E-state index contributed by atoms with van der Waals surface area (Å²) in [5, 5.41) is 5.37. The zero-order valence-corrected chi connectivity index (χ0v) is 41.8. The van der Waals surface area contributed by atoms with Crippen molar-refractivity contribution >= 4 is 56.5 Å². The zero-order valence-electron chi connectivity index (χ0n) is 40.1. The number of urea groups is 1. The number of esters is 1. The Hall–Kier alpha value is -4.26. The van der Waals surface area contributed by atoms with E-state index in [1.165, 1.54) is 11.3 Å². The first kappa shape index (κ1) is 46.8. The standard InChI is InChI=1S/C49H67N9O6S2/c1-10-48(7)17-19-57(48)46(61)53-66-30-49(66)42(63-12-3)43-51-38(28-65-43)32-15-16-39-34(24-32)36(26-47(5,6)29-64-44(59)37-14-13-18-58(52-37)45(49)60)41(56(39)11-2)35-25-33(27-50-40(35)31(4)62-9)55-22-20-54(8)21-23-55/h15-16,24-25,27-28,31,37,42,52H,10-14,17-23,26,29-30H2,1-9H3/t31-,37-,42+,48+,49?,66?/m0/s1. The van der Waals surface area contributed by atoms with Crippen LogP contribution in [-0.2, 0) is 47.5 Å². The van der Waals surface area contributed by atoms with Crippen molar-refractivity contribution in [2.45, 2.75) is 116 Å². The van der Waals surface area contributed by atoms with Gasteiger partial charge >= 0.3 is 12.0 Å². The molecule has 6 bridgehead atoms. The third-order valence-corrected chi connectivity index (χ3v) is 17.8. The molecule has 66 heavy (non-hydrogen) atoms. The van der Waals surface area contributed by atoms with Crippen LogP contribution in [0, 0.1) is 5.41 Å². The maximum atomic E-state index is 15.1. The highest BCUT2D eigenvalue weighted by atomic mass is 32.2. The van der Waals surface area contributed by atoms with Gasteiger partial charge in [0.2, 0.25) is 0 Å². The van der Waals surface area contributed by atoms with E-state index < -0.39 is 39.0 Å². The maximum absolute atomic E-state index is 15.1.